The molecular formula is C19H15ClN2O3. The monoisotopic (exact) mass is 354 g/mol. The van der Waals surface area contributed by atoms with Gasteiger partial charge in [0.2, 0.25) is 5.91 Å². The zero-order valence-electron chi connectivity index (χ0n) is 13.2. The lowest BCUT2D eigenvalue weighted by Crippen LogP contribution is -2.32. The second-order valence-corrected chi connectivity index (χ2v) is 6.28. The highest BCUT2D eigenvalue weighted by molar-refractivity contribution is 6.33. The molecular weight excluding hydrogens is 340 g/mol. The van der Waals surface area contributed by atoms with Crippen LogP contribution in [0.1, 0.15) is 5.56 Å². The van der Waals surface area contributed by atoms with E-state index in [0.29, 0.717) is 29.5 Å². The number of ether oxygens (including phenoxy) is 1. The summed E-state index contributed by atoms with van der Waals surface area (Å²) in [4.78, 5) is 16.4. The molecule has 1 aliphatic rings. The van der Waals surface area contributed by atoms with Crippen LogP contribution < -0.4 is 10.1 Å². The normalized spacial score (nSPS) is 16.0. The van der Waals surface area contributed by atoms with Crippen molar-refractivity contribution in [1.82, 2.24) is 4.98 Å². The SMILES string of the molecule is O=C(Nc1ccc(-c2cnco2)c(Cl)c1)C1COc2ccccc2C1. The number of fused-ring (bicyclic) bond motifs is 1. The van der Waals surface area contributed by atoms with Crippen LogP contribution in [-0.2, 0) is 11.2 Å². The average molecular weight is 355 g/mol. The maximum Gasteiger partial charge on any atom is 0.231 e. The van der Waals surface area contributed by atoms with Gasteiger partial charge in [0, 0.05) is 11.3 Å². The van der Waals surface area contributed by atoms with Crippen molar-refractivity contribution in [2.24, 2.45) is 5.92 Å². The largest absolute Gasteiger partial charge is 0.492 e. The smallest absolute Gasteiger partial charge is 0.231 e. The zero-order valence-corrected chi connectivity index (χ0v) is 14.0. The van der Waals surface area contributed by atoms with E-state index in [1.54, 1.807) is 24.4 Å². The Morgan fingerprint density at radius 3 is 2.92 bits per heavy atom. The molecule has 5 nitrogen and oxygen atoms in total. The molecule has 1 aliphatic heterocycles. The van der Waals surface area contributed by atoms with E-state index in [4.69, 9.17) is 20.8 Å². The van der Waals surface area contributed by atoms with Gasteiger partial charge in [-0.3, -0.25) is 4.79 Å². The number of aromatic nitrogens is 1. The van der Waals surface area contributed by atoms with Crippen LogP contribution in [0.2, 0.25) is 5.02 Å². The highest BCUT2D eigenvalue weighted by Crippen LogP contribution is 2.31. The van der Waals surface area contributed by atoms with Crippen LogP contribution in [-0.4, -0.2) is 17.5 Å². The highest BCUT2D eigenvalue weighted by atomic mass is 35.5. The number of carbonyl (C=O) groups is 1. The summed E-state index contributed by atoms with van der Waals surface area (Å²) in [6.45, 7) is 0.368. The fourth-order valence-electron chi connectivity index (χ4n) is 2.88. The lowest BCUT2D eigenvalue weighted by molar-refractivity contribution is -0.121. The van der Waals surface area contributed by atoms with E-state index >= 15 is 0 Å². The van der Waals surface area contributed by atoms with E-state index < -0.39 is 0 Å². The average Bonchev–Trinajstić information content (AvgIpc) is 3.15. The first-order valence-corrected chi connectivity index (χ1v) is 8.28. The number of hydrogen-bond donors (Lipinski definition) is 1. The van der Waals surface area contributed by atoms with E-state index in [-0.39, 0.29) is 11.8 Å². The van der Waals surface area contributed by atoms with Crippen LogP contribution in [0.5, 0.6) is 5.75 Å². The van der Waals surface area contributed by atoms with Gasteiger partial charge < -0.3 is 14.5 Å². The molecule has 0 radical (unpaired) electrons. The molecule has 1 unspecified atom stereocenters. The molecule has 1 atom stereocenters. The van der Waals surface area contributed by atoms with Gasteiger partial charge in [-0.2, -0.15) is 0 Å². The molecule has 6 heteroatoms. The molecule has 0 saturated carbocycles. The van der Waals surface area contributed by atoms with Crippen molar-refractivity contribution in [2.45, 2.75) is 6.42 Å². The summed E-state index contributed by atoms with van der Waals surface area (Å²) >= 11 is 6.29. The Labute approximate surface area is 149 Å². The zero-order chi connectivity index (χ0) is 17.2. The standard InChI is InChI=1S/C19H15ClN2O3/c20-16-8-14(5-6-15(16)18-9-21-11-25-18)22-19(23)13-7-12-3-1-2-4-17(12)24-10-13/h1-6,8-9,11,13H,7,10H2,(H,22,23). The van der Waals surface area contributed by atoms with E-state index in [1.807, 2.05) is 24.3 Å². The van der Waals surface area contributed by atoms with Gasteiger partial charge >= 0.3 is 0 Å². The van der Waals surface area contributed by atoms with Gasteiger partial charge in [-0.25, -0.2) is 4.98 Å². The summed E-state index contributed by atoms with van der Waals surface area (Å²) in [6, 6.07) is 13.1. The molecule has 1 aromatic heterocycles. The van der Waals surface area contributed by atoms with Crippen LogP contribution in [0.4, 0.5) is 5.69 Å². The number of oxazole rings is 1. The van der Waals surface area contributed by atoms with Crippen LogP contribution in [0.3, 0.4) is 0 Å². The second-order valence-electron chi connectivity index (χ2n) is 5.87. The Morgan fingerprint density at radius 1 is 1.24 bits per heavy atom. The van der Waals surface area contributed by atoms with E-state index in [9.17, 15) is 4.79 Å². The summed E-state index contributed by atoms with van der Waals surface area (Å²) in [5.74, 6) is 1.12. The van der Waals surface area contributed by atoms with Crippen molar-refractivity contribution in [3.05, 3.63) is 65.6 Å². The molecule has 126 valence electrons. The quantitative estimate of drug-likeness (QED) is 0.766. The number of benzene rings is 2. The van der Waals surface area contributed by atoms with Gasteiger partial charge in [0.1, 0.15) is 12.4 Å². The Balaban J connectivity index is 1.47. The number of hydrogen-bond acceptors (Lipinski definition) is 4. The van der Waals surface area contributed by atoms with Crippen molar-refractivity contribution in [3.8, 4) is 17.1 Å². The summed E-state index contributed by atoms with van der Waals surface area (Å²) in [5.41, 5.74) is 2.41. The minimum absolute atomic E-state index is 0.0852. The predicted molar refractivity (Wildman–Crippen MR) is 94.7 cm³/mol. The van der Waals surface area contributed by atoms with Crippen molar-refractivity contribution < 1.29 is 13.9 Å². The van der Waals surface area contributed by atoms with Gasteiger partial charge in [-0.1, -0.05) is 29.8 Å². The molecule has 0 fully saturated rings. The number of anilines is 1. The van der Waals surface area contributed by atoms with Crippen LogP contribution in [0, 0.1) is 5.92 Å². The van der Waals surface area contributed by atoms with E-state index in [0.717, 1.165) is 16.9 Å². The van der Waals surface area contributed by atoms with Gasteiger partial charge in [0.25, 0.3) is 0 Å². The number of carbonyl (C=O) groups excluding carboxylic acids is 1. The Kier molecular flexibility index (Phi) is 4.15. The molecule has 0 spiro atoms. The molecule has 1 N–H and O–H groups in total. The Morgan fingerprint density at radius 2 is 2.12 bits per heavy atom. The predicted octanol–water partition coefficient (Wildman–Crippen LogP) is 4.18. The summed E-state index contributed by atoms with van der Waals surface area (Å²) < 4.78 is 10.9. The van der Waals surface area contributed by atoms with Crippen LogP contribution >= 0.6 is 11.6 Å². The third-order valence-electron chi connectivity index (χ3n) is 4.18. The van der Waals surface area contributed by atoms with Gasteiger partial charge in [0.15, 0.2) is 12.2 Å². The van der Waals surface area contributed by atoms with Gasteiger partial charge in [0.05, 0.1) is 17.1 Å². The maximum absolute atomic E-state index is 12.5. The first kappa shape index (κ1) is 15.7. The molecule has 0 bridgehead atoms. The maximum atomic E-state index is 12.5. The number of para-hydroxylation sites is 1. The summed E-state index contributed by atoms with van der Waals surface area (Å²) in [5, 5.41) is 3.39. The molecule has 1 amide bonds. The number of rotatable bonds is 3. The summed E-state index contributed by atoms with van der Waals surface area (Å²) in [7, 11) is 0. The molecule has 0 aliphatic carbocycles. The Bertz CT molecular complexity index is 909. The van der Waals surface area contributed by atoms with Gasteiger partial charge in [-0.05, 0) is 36.2 Å². The highest BCUT2D eigenvalue weighted by Gasteiger charge is 2.26. The van der Waals surface area contributed by atoms with Crippen molar-refractivity contribution in [3.63, 3.8) is 0 Å². The lowest BCUT2D eigenvalue weighted by atomic mass is 9.96. The molecule has 4 rings (SSSR count). The second kappa shape index (κ2) is 6.61. The van der Waals surface area contributed by atoms with E-state index in [1.165, 1.54) is 6.39 Å². The first-order valence-electron chi connectivity index (χ1n) is 7.90. The number of nitrogens with zero attached hydrogens (tertiary/aromatic N) is 1. The number of nitrogens with one attached hydrogen (secondary N) is 1. The topological polar surface area (TPSA) is 64.4 Å². The molecule has 0 saturated heterocycles. The van der Waals surface area contributed by atoms with Crippen molar-refractivity contribution >= 4 is 23.2 Å². The molecule has 2 heterocycles. The number of amides is 1. The molecule has 2 aromatic carbocycles. The number of halogens is 1. The summed E-state index contributed by atoms with van der Waals surface area (Å²) in [6.07, 6.45) is 3.60. The first-order chi connectivity index (χ1) is 12.2. The van der Waals surface area contributed by atoms with Crippen molar-refractivity contribution in [1.29, 1.82) is 0 Å². The third kappa shape index (κ3) is 3.23. The van der Waals surface area contributed by atoms with Crippen molar-refractivity contribution in [2.75, 3.05) is 11.9 Å². The molecule has 25 heavy (non-hydrogen) atoms. The van der Waals surface area contributed by atoms with Gasteiger partial charge in [-0.15, -0.1) is 0 Å². The minimum Gasteiger partial charge on any atom is -0.492 e. The van der Waals surface area contributed by atoms with Crippen LogP contribution in [0.15, 0.2) is 59.5 Å². The third-order valence-corrected chi connectivity index (χ3v) is 4.50. The Hall–Kier alpha value is -2.79. The fourth-order valence-corrected chi connectivity index (χ4v) is 3.16. The molecule has 3 aromatic rings. The van der Waals surface area contributed by atoms with Crippen LogP contribution in [0.25, 0.3) is 11.3 Å². The fraction of sp³-hybridized carbons (Fsp3) is 0.158. The lowest BCUT2D eigenvalue weighted by Gasteiger charge is -2.24. The minimum atomic E-state index is -0.234. The van der Waals surface area contributed by atoms with E-state index in [2.05, 4.69) is 10.3 Å².